The molecule has 2 atom stereocenters. The highest BCUT2D eigenvalue weighted by atomic mass is 16.5. The molecule has 1 rings (SSSR count). The number of carbonyl (C=O) groups excluding carboxylic acids is 1. The molecule has 0 spiro atoms. The monoisotopic (exact) mass is 200 g/mol. The van der Waals surface area contributed by atoms with Gasteiger partial charge in [0.25, 0.3) is 0 Å². The van der Waals surface area contributed by atoms with Crippen molar-refractivity contribution in [2.24, 2.45) is 11.7 Å². The van der Waals surface area contributed by atoms with Crippen LogP contribution < -0.4 is 5.73 Å². The molecule has 1 aliphatic rings. The van der Waals surface area contributed by atoms with E-state index in [2.05, 4.69) is 0 Å². The molecule has 0 aliphatic carbocycles. The zero-order valence-electron chi connectivity index (χ0n) is 9.03. The first-order valence-electron chi connectivity index (χ1n) is 5.22. The molecule has 2 N–H and O–H groups in total. The normalized spacial score (nSPS) is 21.8. The highest BCUT2D eigenvalue weighted by Crippen LogP contribution is 2.09. The zero-order chi connectivity index (χ0) is 10.6. The first kappa shape index (κ1) is 11.5. The van der Waals surface area contributed by atoms with Crippen molar-refractivity contribution in [1.82, 2.24) is 4.90 Å². The van der Waals surface area contributed by atoms with Gasteiger partial charge in [-0.25, -0.2) is 0 Å². The van der Waals surface area contributed by atoms with Gasteiger partial charge < -0.3 is 15.4 Å². The van der Waals surface area contributed by atoms with E-state index in [1.54, 1.807) is 0 Å². The SMILES string of the molecule is C[C@H](N)[C@@H](C)CC(=O)N1CCOCC1. The Bertz CT molecular complexity index is 189. The van der Waals surface area contributed by atoms with E-state index in [1.165, 1.54) is 0 Å². The van der Waals surface area contributed by atoms with E-state index in [1.807, 2.05) is 18.7 Å². The Morgan fingerprint density at radius 2 is 2.00 bits per heavy atom. The van der Waals surface area contributed by atoms with Crippen LogP contribution in [0.2, 0.25) is 0 Å². The van der Waals surface area contributed by atoms with Crippen molar-refractivity contribution in [3.8, 4) is 0 Å². The van der Waals surface area contributed by atoms with Gasteiger partial charge in [0, 0.05) is 25.6 Å². The topological polar surface area (TPSA) is 55.6 Å². The Morgan fingerprint density at radius 3 is 2.50 bits per heavy atom. The van der Waals surface area contributed by atoms with Crippen LogP contribution in [0.25, 0.3) is 0 Å². The summed E-state index contributed by atoms with van der Waals surface area (Å²) in [5.41, 5.74) is 5.72. The van der Waals surface area contributed by atoms with Crippen molar-refractivity contribution < 1.29 is 9.53 Å². The van der Waals surface area contributed by atoms with E-state index in [0.29, 0.717) is 19.6 Å². The summed E-state index contributed by atoms with van der Waals surface area (Å²) >= 11 is 0. The van der Waals surface area contributed by atoms with Gasteiger partial charge in [0.05, 0.1) is 13.2 Å². The van der Waals surface area contributed by atoms with Crippen LogP contribution in [0, 0.1) is 5.92 Å². The minimum Gasteiger partial charge on any atom is -0.378 e. The van der Waals surface area contributed by atoms with Crippen molar-refractivity contribution in [3.63, 3.8) is 0 Å². The number of carbonyl (C=O) groups is 1. The summed E-state index contributed by atoms with van der Waals surface area (Å²) in [5, 5.41) is 0. The standard InChI is InChI=1S/C10H20N2O2/c1-8(9(2)11)7-10(13)12-3-5-14-6-4-12/h8-9H,3-7,11H2,1-2H3/t8-,9-/m0/s1. The summed E-state index contributed by atoms with van der Waals surface area (Å²) < 4.78 is 5.18. The Hall–Kier alpha value is -0.610. The third-order valence-corrected chi connectivity index (χ3v) is 2.76. The Morgan fingerprint density at radius 1 is 1.43 bits per heavy atom. The van der Waals surface area contributed by atoms with Gasteiger partial charge in [0.2, 0.25) is 5.91 Å². The summed E-state index contributed by atoms with van der Waals surface area (Å²) in [5.74, 6) is 0.462. The van der Waals surface area contributed by atoms with Gasteiger partial charge in [-0.2, -0.15) is 0 Å². The summed E-state index contributed by atoms with van der Waals surface area (Å²) in [6.45, 7) is 6.74. The minimum atomic E-state index is 0.0833. The van der Waals surface area contributed by atoms with Gasteiger partial charge in [-0.1, -0.05) is 6.92 Å². The second-order valence-electron chi connectivity index (χ2n) is 4.03. The van der Waals surface area contributed by atoms with Crippen molar-refractivity contribution in [1.29, 1.82) is 0 Å². The van der Waals surface area contributed by atoms with Crippen molar-refractivity contribution in [3.05, 3.63) is 0 Å². The van der Waals surface area contributed by atoms with Crippen LogP contribution in [0.15, 0.2) is 0 Å². The molecule has 14 heavy (non-hydrogen) atoms. The van der Waals surface area contributed by atoms with Gasteiger partial charge in [0.15, 0.2) is 0 Å². The summed E-state index contributed by atoms with van der Waals surface area (Å²) in [7, 11) is 0. The quantitative estimate of drug-likeness (QED) is 0.709. The number of morpholine rings is 1. The molecule has 0 aromatic carbocycles. The number of hydrogen-bond acceptors (Lipinski definition) is 3. The fourth-order valence-corrected chi connectivity index (χ4v) is 1.40. The van der Waals surface area contributed by atoms with E-state index in [-0.39, 0.29) is 17.9 Å². The van der Waals surface area contributed by atoms with E-state index < -0.39 is 0 Å². The lowest BCUT2D eigenvalue weighted by Crippen LogP contribution is -2.42. The van der Waals surface area contributed by atoms with Gasteiger partial charge in [0.1, 0.15) is 0 Å². The molecule has 0 saturated carbocycles. The molecule has 1 amide bonds. The first-order chi connectivity index (χ1) is 6.61. The van der Waals surface area contributed by atoms with Crippen LogP contribution in [0.1, 0.15) is 20.3 Å². The Balaban J connectivity index is 2.33. The average Bonchev–Trinajstić information content (AvgIpc) is 2.19. The lowest BCUT2D eigenvalue weighted by molar-refractivity contribution is -0.136. The maximum absolute atomic E-state index is 11.7. The van der Waals surface area contributed by atoms with Crippen LogP contribution in [0.4, 0.5) is 0 Å². The third kappa shape index (κ3) is 3.27. The lowest BCUT2D eigenvalue weighted by atomic mass is 10.00. The van der Waals surface area contributed by atoms with Crippen molar-refractivity contribution >= 4 is 5.91 Å². The smallest absolute Gasteiger partial charge is 0.223 e. The number of nitrogens with zero attached hydrogens (tertiary/aromatic N) is 1. The molecule has 0 aromatic rings. The van der Waals surface area contributed by atoms with E-state index in [9.17, 15) is 4.79 Å². The number of ether oxygens (including phenoxy) is 1. The summed E-state index contributed by atoms with van der Waals surface area (Å²) in [6, 6.07) is 0.0833. The van der Waals surface area contributed by atoms with Crippen LogP contribution >= 0.6 is 0 Å². The molecule has 4 nitrogen and oxygen atoms in total. The molecule has 1 fully saturated rings. The minimum absolute atomic E-state index is 0.0833. The highest BCUT2D eigenvalue weighted by Gasteiger charge is 2.20. The Labute approximate surface area is 85.4 Å². The van der Waals surface area contributed by atoms with Crippen LogP contribution in [0.5, 0.6) is 0 Å². The number of hydrogen-bond donors (Lipinski definition) is 1. The summed E-state index contributed by atoms with van der Waals surface area (Å²) in [6.07, 6.45) is 0.553. The second kappa shape index (κ2) is 5.32. The number of nitrogens with two attached hydrogens (primary N) is 1. The second-order valence-corrected chi connectivity index (χ2v) is 4.03. The van der Waals surface area contributed by atoms with Crippen LogP contribution in [-0.2, 0) is 9.53 Å². The fraction of sp³-hybridized carbons (Fsp3) is 0.900. The average molecular weight is 200 g/mol. The molecular weight excluding hydrogens is 180 g/mol. The molecule has 0 unspecified atom stereocenters. The maximum atomic E-state index is 11.7. The number of amides is 1. The van der Waals surface area contributed by atoms with E-state index in [4.69, 9.17) is 10.5 Å². The Kier molecular flexibility index (Phi) is 4.35. The molecule has 1 heterocycles. The molecule has 0 radical (unpaired) electrons. The van der Waals surface area contributed by atoms with Crippen molar-refractivity contribution in [2.45, 2.75) is 26.3 Å². The lowest BCUT2D eigenvalue weighted by Gasteiger charge is -2.28. The summed E-state index contributed by atoms with van der Waals surface area (Å²) in [4.78, 5) is 13.6. The molecule has 1 saturated heterocycles. The van der Waals surface area contributed by atoms with E-state index >= 15 is 0 Å². The van der Waals surface area contributed by atoms with E-state index in [0.717, 1.165) is 13.1 Å². The van der Waals surface area contributed by atoms with Gasteiger partial charge >= 0.3 is 0 Å². The molecule has 4 heteroatoms. The van der Waals surface area contributed by atoms with Gasteiger partial charge in [-0.3, -0.25) is 4.79 Å². The predicted octanol–water partition coefficient (Wildman–Crippen LogP) is 0.219. The first-order valence-corrected chi connectivity index (χ1v) is 5.22. The number of rotatable bonds is 3. The van der Waals surface area contributed by atoms with Crippen LogP contribution in [-0.4, -0.2) is 43.2 Å². The highest BCUT2D eigenvalue weighted by molar-refractivity contribution is 5.76. The largest absolute Gasteiger partial charge is 0.378 e. The zero-order valence-corrected chi connectivity index (χ0v) is 9.03. The molecule has 0 aromatic heterocycles. The molecule has 0 bridgehead atoms. The fourth-order valence-electron chi connectivity index (χ4n) is 1.40. The van der Waals surface area contributed by atoms with Crippen LogP contribution in [0.3, 0.4) is 0 Å². The third-order valence-electron chi connectivity index (χ3n) is 2.76. The molecule has 1 aliphatic heterocycles. The molecular formula is C10H20N2O2. The van der Waals surface area contributed by atoms with Gasteiger partial charge in [-0.05, 0) is 12.8 Å². The molecule has 82 valence electrons. The van der Waals surface area contributed by atoms with Gasteiger partial charge in [-0.15, -0.1) is 0 Å². The van der Waals surface area contributed by atoms with Crippen molar-refractivity contribution in [2.75, 3.05) is 26.3 Å². The maximum Gasteiger partial charge on any atom is 0.223 e. The predicted molar refractivity (Wildman–Crippen MR) is 54.8 cm³/mol.